The number of rotatable bonds is 5. The van der Waals surface area contributed by atoms with E-state index in [1.165, 1.54) is 13.2 Å². The number of oxime groups is 2. The molecule has 0 aliphatic carbocycles. The Morgan fingerprint density at radius 2 is 2.30 bits per heavy atom. The third-order valence-corrected chi connectivity index (χ3v) is 2.80. The van der Waals surface area contributed by atoms with Crippen molar-refractivity contribution in [3.63, 3.8) is 0 Å². The molecule has 0 radical (unpaired) electrons. The van der Waals surface area contributed by atoms with Crippen molar-refractivity contribution in [3.8, 4) is 0 Å². The van der Waals surface area contributed by atoms with Gasteiger partial charge in [-0.2, -0.15) is 0 Å². The lowest BCUT2D eigenvalue weighted by atomic mass is 9.98. The second-order valence-corrected chi connectivity index (χ2v) is 4.22. The molecule has 20 heavy (non-hydrogen) atoms. The average Bonchev–Trinajstić information content (AvgIpc) is 2.47. The minimum atomic E-state index is -0.386. The molecule has 0 atom stereocenters. The van der Waals surface area contributed by atoms with E-state index in [1.807, 2.05) is 13.0 Å². The Bertz CT molecular complexity index is 529. The molecule has 1 aromatic carbocycles. The number of hydrogen-bond donors (Lipinski definition) is 0. The third-order valence-electron chi connectivity index (χ3n) is 2.80. The first kappa shape index (κ1) is 14.3. The van der Waals surface area contributed by atoms with Gasteiger partial charge in [0.25, 0.3) is 5.90 Å². The number of aryl methyl sites for hydroxylation is 1. The Morgan fingerprint density at radius 1 is 1.45 bits per heavy atom. The SMILES string of the molecule is CCCc1cccc(F)c1/C(=N\OC)C1=NOCCO1. The summed E-state index contributed by atoms with van der Waals surface area (Å²) in [6, 6.07) is 4.91. The largest absolute Gasteiger partial charge is 0.470 e. The quantitative estimate of drug-likeness (QED) is 0.615. The number of ether oxygens (including phenoxy) is 1. The molecule has 2 rings (SSSR count). The summed E-state index contributed by atoms with van der Waals surface area (Å²) in [5.74, 6) is -0.246. The number of benzene rings is 1. The summed E-state index contributed by atoms with van der Waals surface area (Å²) in [7, 11) is 1.39. The Labute approximate surface area is 117 Å². The fourth-order valence-electron chi connectivity index (χ4n) is 2.01. The Hall–Kier alpha value is -2.11. The van der Waals surface area contributed by atoms with E-state index in [0.29, 0.717) is 18.8 Å². The van der Waals surface area contributed by atoms with Gasteiger partial charge in [0.1, 0.15) is 19.5 Å². The molecule has 0 fully saturated rings. The molecule has 6 heteroatoms. The molecule has 0 aromatic heterocycles. The first-order chi connectivity index (χ1) is 9.77. The van der Waals surface area contributed by atoms with Crippen LogP contribution in [0.3, 0.4) is 0 Å². The van der Waals surface area contributed by atoms with E-state index in [-0.39, 0.29) is 17.4 Å². The van der Waals surface area contributed by atoms with E-state index >= 15 is 0 Å². The molecule has 1 aromatic rings. The van der Waals surface area contributed by atoms with Crippen molar-refractivity contribution in [1.29, 1.82) is 0 Å². The van der Waals surface area contributed by atoms with Crippen LogP contribution >= 0.6 is 0 Å². The van der Waals surface area contributed by atoms with Crippen LogP contribution in [0.4, 0.5) is 4.39 Å². The lowest BCUT2D eigenvalue weighted by molar-refractivity contribution is 0.0672. The first-order valence-corrected chi connectivity index (χ1v) is 6.50. The van der Waals surface area contributed by atoms with Gasteiger partial charge in [0, 0.05) is 5.56 Å². The molecule has 5 nitrogen and oxygen atoms in total. The highest BCUT2D eigenvalue weighted by Gasteiger charge is 2.24. The van der Waals surface area contributed by atoms with Crippen molar-refractivity contribution < 1.29 is 18.8 Å². The van der Waals surface area contributed by atoms with Crippen molar-refractivity contribution in [3.05, 3.63) is 35.1 Å². The maximum Gasteiger partial charge on any atom is 0.280 e. The number of halogens is 1. The zero-order valence-corrected chi connectivity index (χ0v) is 11.6. The lowest BCUT2D eigenvalue weighted by Crippen LogP contribution is -2.27. The highest BCUT2D eigenvalue weighted by atomic mass is 19.1. The van der Waals surface area contributed by atoms with Gasteiger partial charge in [-0.05, 0) is 23.2 Å². The molecular formula is C14H17FN2O3. The van der Waals surface area contributed by atoms with Gasteiger partial charge < -0.3 is 14.4 Å². The van der Waals surface area contributed by atoms with Crippen molar-refractivity contribution in [2.75, 3.05) is 20.3 Å². The summed E-state index contributed by atoms with van der Waals surface area (Å²) in [5, 5.41) is 7.65. The van der Waals surface area contributed by atoms with Gasteiger partial charge in [-0.15, -0.1) is 0 Å². The number of nitrogens with zero attached hydrogens (tertiary/aromatic N) is 2. The van der Waals surface area contributed by atoms with Crippen molar-refractivity contribution >= 4 is 11.6 Å². The zero-order chi connectivity index (χ0) is 14.4. The standard InChI is InChI=1S/C14H17FN2O3/c1-3-5-10-6-4-7-11(15)12(10)13(16-18-2)14-17-20-9-8-19-14/h4,6-7H,3,5,8-9H2,1-2H3/b16-13+. The van der Waals surface area contributed by atoms with Crippen molar-refractivity contribution in [2.24, 2.45) is 10.3 Å². The van der Waals surface area contributed by atoms with Crippen LogP contribution in [-0.2, 0) is 20.8 Å². The van der Waals surface area contributed by atoms with Gasteiger partial charge in [0.05, 0.1) is 0 Å². The number of hydrogen-bond acceptors (Lipinski definition) is 5. The molecule has 0 N–H and O–H groups in total. The second-order valence-electron chi connectivity index (χ2n) is 4.22. The second kappa shape index (κ2) is 6.88. The minimum absolute atomic E-state index is 0.139. The summed E-state index contributed by atoms with van der Waals surface area (Å²) >= 11 is 0. The molecule has 0 bridgehead atoms. The molecule has 0 amide bonds. The minimum Gasteiger partial charge on any atom is -0.470 e. The summed E-state index contributed by atoms with van der Waals surface area (Å²) in [5.41, 5.74) is 1.40. The summed E-state index contributed by atoms with van der Waals surface area (Å²) in [6.07, 6.45) is 1.62. The van der Waals surface area contributed by atoms with E-state index in [2.05, 4.69) is 10.3 Å². The van der Waals surface area contributed by atoms with Crippen LogP contribution in [0, 0.1) is 5.82 Å². The molecule has 108 valence electrons. The fraction of sp³-hybridized carbons (Fsp3) is 0.429. The molecule has 0 spiro atoms. The van der Waals surface area contributed by atoms with Crippen molar-refractivity contribution in [1.82, 2.24) is 0 Å². The van der Waals surface area contributed by atoms with Crippen LogP contribution < -0.4 is 0 Å². The molecule has 0 saturated carbocycles. The summed E-state index contributed by atoms with van der Waals surface area (Å²) in [6.45, 7) is 2.74. The highest BCUT2D eigenvalue weighted by molar-refractivity contribution is 6.45. The Kier molecular flexibility index (Phi) is 4.92. The van der Waals surface area contributed by atoms with Gasteiger partial charge >= 0.3 is 0 Å². The zero-order valence-electron chi connectivity index (χ0n) is 11.6. The highest BCUT2D eigenvalue weighted by Crippen LogP contribution is 2.19. The lowest BCUT2D eigenvalue weighted by Gasteiger charge is -2.17. The van der Waals surface area contributed by atoms with E-state index in [4.69, 9.17) is 14.4 Å². The average molecular weight is 280 g/mol. The summed E-state index contributed by atoms with van der Waals surface area (Å²) in [4.78, 5) is 9.78. The van der Waals surface area contributed by atoms with E-state index in [0.717, 1.165) is 18.4 Å². The third kappa shape index (κ3) is 3.07. The topological polar surface area (TPSA) is 52.4 Å². The van der Waals surface area contributed by atoms with Gasteiger partial charge in [0.15, 0.2) is 12.3 Å². The van der Waals surface area contributed by atoms with Crippen LogP contribution in [0.25, 0.3) is 0 Å². The fourth-order valence-corrected chi connectivity index (χ4v) is 2.01. The Balaban J connectivity index is 2.49. The molecule has 0 saturated heterocycles. The maximum absolute atomic E-state index is 14.2. The van der Waals surface area contributed by atoms with E-state index < -0.39 is 0 Å². The predicted octanol–water partition coefficient (Wildman–Crippen LogP) is 2.49. The molecule has 1 aliphatic heterocycles. The molecule has 1 aliphatic rings. The first-order valence-electron chi connectivity index (χ1n) is 6.50. The van der Waals surface area contributed by atoms with Crippen LogP contribution in [0.2, 0.25) is 0 Å². The maximum atomic E-state index is 14.2. The van der Waals surface area contributed by atoms with E-state index in [9.17, 15) is 4.39 Å². The van der Waals surface area contributed by atoms with Gasteiger partial charge in [-0.25, -0.2) is 4.39 Å². The monoisotopic (exact) mass is 280 g/mol. The van der Waals surface area contributed by atoms with Crippen LogP contribution in [0.1, 0.15) is 24.5 Å². The van der Waals surface area contributed by atoms with Gasteiger partial charge in [-0.3, -0.25) is 0 Å². The van der Waals surface area contributed by atoms with Crippen molar-refractivity contribution in [2.45, 2.75) is 19.8 Å². The van der Waals surface area contributed by atoms with Gasteiger partial charge in [0.2, 0.25) is 0 Å². The van der Waals surface area contributed by atoms with Crippen LogP contribution in [-0.4, -0.2) is 31.9 Å². The molecular weight excluding hydrogens is 263 g/mol. The van der Waals surface area contributed by atoms with Crippen LogP contribution in [0.5, 0.6) is 0 Å². The van der Waals surface area contributed by atoms with Gasteiger partial charge in [-0.1, -0.05) is 30.6 Å². The Morgan fingerprint density at radius 3 is 2.95 bits per heavy atom. The summed E-state index contributed by atoms with van der Waals surface area (Å²) < 4.78 is 19.6. The molecule has 1 heterocycles. The molecule has 0 unspecified atom stereocenters. The predicted molar refractivity (Wildman–Crippen MR) is 73.3 cm³/mol. The smallest absolute Gasteiger partial charge is 0.280 e. The normalized spacial score (nSPS) is 15.2. The van der Waals surface area contributed by atoms with E-state index in [1.54, 1.807) is 6.07 Å². The van der Waals surface area contributed by atoms with Crippen LogP contribution in [0.15, 0.2) is 28.5 Å².